The smallest absolute Gasteiger partial charge is 0.119 e. The minimum absolute atomic E-state index is 0.140. The maximum Gasteiger partial charge on any atom is 0.119 e. The van der Waals surface area contributed by atoms with Crippen LogP contribution in [-0.2, 0) is 10.8 Å². The van der Waals surface area contributed by atoms with E-state index in [1.165, 1.54) is 81.8 Å². The van der Waals surface area contributed by atoms with E-state index in [1.54, 1.807) is 0 Å². The van der Waals surface area contributed by atoms with E-state index in [0.717, 1.165) is 28.7 Å². The maximum atomic E-state index is 10.9. The van der Waals surface area contributed by atoms with Crippen molar-refractivity contribution in [2.75, 3.05) is 0 Å². The summed E-state index contributed by atoms with van der Waals surface area (Å²) < 4.78 is 0. The van der Waals surface area contributed by atoms with Crippen molar-refractivity contribution in [2.45, 2.75) is 163 Å². The second-order valence-corrected chi connectivity index (χ2v) is 14.8. The first-order chi connectivity index (χ1) is 18.7. The van der Waals surface area contributed by atoms with Crippen LogP contribution in [0.4, 0.5) is 0 Å². The minimum Gasteiger partial charge on any atom is -0.508 e. The van der Waals surface area contributed by atoms with Crippen LogP contribution < -0.4 is 0 Å². The Balaban J connectivity index is 2.26. The van der Waals surface area contributed by atoms with Crippen LogP contribution in [0.25, 0.3) is 0 Å². The van der Waals surface area contributed by atoms with Gasteiger partial charge in [0.15, 0.2) is 0 Å². The lowest BCUT2D eigenvalue weighted by Crippen LogP contribution is -2.17. The molecule has 0 aliphatic rings. The molecule has 2 N–H and O–H groups in total. The van der Waals surface area contributed by atoms with Gasteiger partial charge in [0.1, 0.15) is 11.5 Å². The summed E-state index contributed by atoms with van der Waals surface area (Å²) in [7, 11) is 0. The lowest BCUT2D eigenvalue weighted by Gasteiger charge is -2.30. The van der Waals surface area contributed by atoms with E-state index in [1.807, 2.05) is 12.1 Å². The molecule has 1 unspecified atom stereocenters. The fraction of sp³-hybridized carbons (Fsp3) is 0.684. The van der Waals surface area contributed by atoms with Crippen LogP contribution in [0.5, 0.6) is 11.5 Å². The topological polar surface area (TPSA) is 40.5 Å². The van der Waals surface area contributed by atoms with Crippen molar-refractivity contribution in [1.29, 1.82) is 0 Å². The molecule has 0 fully saturated rings. The summed E-state index contributed by atoms with van der Waals surface area (Å²) in [4.78, 5) is 0. The van der Waals surface area contributed by atoms with Gasteiger partial charge in [-0.25, -0.2) is 0 Å². The van der Waals surface area contributed by atoms with Crippen LogP contribution in [0.2, 0.25) is 0 Å². The van der Waals surface area contributed by atoms with Gasteiger partial charge in [-0.15, -0.1) is 0 Å². The molecule has 0 saturated carbocycles. The Morgan fingerprint density at radius 2 is 0.975 bits per heavy atom. The number of benzene rings is 2. The molecular weight excluding hydrogens is 488 g/mol. The summed E-state index contributed by atoms with van der Waals surface area (Å²) in [5.74, 6) is 1.60. The Morgan fingerprint density at radius 1 is 0.600 bits per heavy atom. The Labute approximate surface area is 248 Å². The van der Waals surface area contributed by atoms with Crippen LogP contribution >= 0.6 is 0 Å². The number of rotatable bonds is 15. The molecule has 2 aromatic carbocycles. The van der Waals surface area contributed by atoms with Gasteiger partial charge in [0.05, 0.1) is 0 Å². The first-order valence-corrected chi connectivity index (χ1v) is 16.3. The molecule has 0 spiro atoms. The number of hydrogen-bond donors (Lipinski definition) is 2. The number of phenols is 2. The van der Waals surface area contributed by atoms with Crippen molar-refractivity contribution in [1.82, 2.24) is 0 Å². The Hall–Kier alpha value is -1.96. The second kappa shape index (κ2) is 15.3. The van der Waals surface area contributed by atoms with Gasteiger partial charge in [0.2, 0.25) is 0 Å². The van der Waals surface area contributed by atoms with Crippen molar-refractivity contribution < 1.29 is 10.2 Å². The standard InChI is InChI=1S/C38H62O2/c1-11-12-13-14-15-16-17-18-19-20-21-27(2)22-32(30-25-33(37(5,6)7)35(39)23-28(30)3)31-26-34(38(8,9)10)36(40)24-29(31)4/h23-27,32,39-40H,11-22H2,1-10H3. The molecule has 226 valence electrons. The highest BCUT2D eigenvalue weighted by atomic mass is 16.3. The fourth-order valence-corrected chi connectivity index (χ4v) is 6.29. The highest BCUT2D eigenvalue weighted by molar-refractivity contribution is 5.52. The Morgan fingerprint density at radius 3 is 1.35 bits per heavy atom. The highest BCUT2D eigenvalue weighted by Crippen LogP contribution is 2.43. The van der Waals surface area contributed by atoms with Crippen LogP contribution in [0.15, 0.2) is 24.3 Å². The van der Waals surface area contributed by atoms with Gasteiger partial charge in [-0.05, 0) is 82.5 Å². The molecule has 1 atom stereocenters. The summed E-state index contributed by atoms with van der Waals surface area (Å²) in [6, 6.07) is 8.48. The fourth-order valence-electron chi connectivity index (χ4n) is 6.29. The van der Waals surface area contributed by atoms with E-state index >= 15 is 0 Å². The molecule has 0 aliphatic heterocycles. The number of phenolic OH excluding ortho intramolecular Hbond substituents is 2. The summed E-state index contributed by atoms with van der Waals surface area (Å²) in [5, 5.41) is 21.7. The van der Waals surface area contributed by atoms with Crippen LogP contribution in [0, 0.1) is 19.8 Å². The van der Waals surface area contributed by atoms with Gasteiger partial charge in [-0.3, -0.25) is 0 Å². The predicted molar refractivity (Wildman–Crippen MR) is 175 cm³/mol. The SMILES string of the molecule is CCCCCCCCCCCCC(C)CC(c1cc(C(C)(C)C)c(O)cc1C)c1cc(C(C)(C)C)c(O)cc1C. The van der Waals surface area contributed by atoms with Crippen molar-refractivity contribution in [3.8, 4) is 11.5 Å². The average molecular weight is 551 g/mol. The largest absolute Gasteiger partial charge is 0.508 e. The third kappa shape index (κ3) is 10.1. The van der Waals surface area contributed by atoms with E-state index in [9.17, 15) is 10.2 Å². The number of unbranched alkanes of at least 4 members (excludes halogenated alkanes) is 9. The first kappa shape index (κ1) is 34.2. The van der Waals surface area contributed by atoms with E-state index in [-0.39, 0.29) is 16.7 Å². The molecule has 40 heavy (non-hydrogen) atoms. The minimum atomic E-state index is -0.140. The van der Waals surface area contributed by atoms with Crippen LogP contribution in [-0.4, -0.2) is 10.2 Å². The van der Waals surface area contributed by atoms with Crippen molar-refractivity contribution in [3.63, 3.8) is 0 Å². The molecule has 2 nitrogen and oxygen atoms in total. The molecule has 0 heterocycles. The van der Waals surface area contributed by atoms with Crippen LogP contribution in [0.3, 0.4) is 0 Å². The van der Waals surface area contributed by atoms with Gasteiger partial charge in [0, 0.05) is 5.92 Å². The third-order valence-electron chi connectivity index (χ3n) is 8.82. The zero-order valence-electron chi connectivity index (χ0n) is 27.8. The van der Waals surface area contributed by atoms with Gasteiger partial charge in [-0.1, -0.05) is 138 Å². The summed E-state index contributed by atoms with van der Waals surface area (Å²) >= 11 is 0. The number of aryl methyl sites for hydroxylation is 2. The lowest BCUT2D eigenvalue weighted by molar-refractivity contribution is 0.428. The quantitative estimate of drug-likeness (QED) is 0.216. The Kier molecular flexibility index (Phi) is 13.1. The van der Waals surface area contributed by atoms with Gasteiger partial charge < -0.3 is 10.2 Å². The lowest BCUT2D eigenvalue weighted by atomic mass is 9.75. The van der Waals surface area contributed by atoms with Gasteiger partial charge >= 0.3 is 0 Å². The van der Waals surface area contributed by atoms with E-state index in [2.05, 4.69) is 81.4 Å². The molecule has 0 aromatic heterocycles. The average Bonchev–Trinajstić information content (AvgIpc) is 2.83. The maximum absolute atomic E-state index is 10.9. The summed E-state index contributed by atoms with van der Waals surface area (Å²) in [6.07, 6.45) is 16.0. The van der Waals surface area contributed by atoms with E-state index < -0.39 is 0 Å². The molecule has 0 aliphatic carbocycles. The van der Waals surface area contributed by atoms with Gasteiger partial charge in [0.25, 0.3) is 0 Å². The zero-order valence-corrected chi connectivity index (χ0v) is 27.8. The molecular formula is C38H62O2. The molecule has 0 bridgehead atoms. The molecule has 0 amide bonds. The molecule has 2 rings (SSSR count). The Bertz CT molecular complexity index is 981. The molecule has 0 radical (unpaired) electrons. The third-order valence-corrected chi connectivity index (χ3v) is 8.82. The molecule has 2 aromatic rings. The normalized spacial score (nSPS) is 13.3. The molecule has 0 saturated heterocycles. The highest BCUT2D eigenvalue weighted by Gasteiger charge is 2.28. The number of hydrogen-bond acceptors (Lipinski definition) is 2. The summed E-state index contributed by atoms with van der Waals surface area (Å²) in [5.41, 5.74) is 6.65. The van der Waals surface area contributed by atoms with Crippen molar-refractivity contribution in [3.05, 3.63) is 57.6 Å². The van der Waals surface area contributed by atoms with Crippen molar-refractivity contribution in [2.24, 2.45) is 5.92 Å². The molecule has 2 heteroatoms. The summed E-state index contributed by atoms with van der Waals surface area (Å²) in [6.45, 7) is 22.0. The predicted octanol–water partition coefficient (Wildman–Crippen LogP) is 11.8. The van der Waals surface area contributed by atoms with E-state index in [0.29, 0.717) is 17.4 Å². The number of aromatic hydroxyl groups is 2. The van der Waals surface area contributed by atoms with Crippen molar-refractivity contribution >= 4 is 0 Å². The van der Waals surface area contributed by atoms with Gasteiger partial charge in [-0.2, -0.15) is 0 Å². The second-order valence-electron chi connectivity index (χ2n) is 14.8. The van der Waals surface area contributed by atoms with Crippen LogP contribution in [0.1, 0.15) is 172 Å². The monoisotopic (exact) mass is 550 g/mol. The first-order valence-electron chi connectivity index (χ1n) is 16.3. The van der Waals surface area contributed by atoms with E-state index in [4.69, 9.17) is 0 Å². The zero-order chi connectivity index (χ0) is 30.1.